The van der Waals surface area contributed by atoms with E-state index in [0.29, 0.717) is 17.9 Å². The minimum Gasteiger partial charge on any atom is -0.497 e. The molecule has 0 unspecified atom stereocenters. The van der Waals surface area contributed by atoms with Gasteiger partial charge in [-0.05, 0) is 25.1 Å². The lowest BCUT2D eigenvalue weighted by Gasteiger charge is -2.06. The van der Waals surface area contributed by atoms with E-state index in [9.17, 15) is 9.59 Å². The van der Waals surface area contributed by atoms with E-state index < -0.39 is 11.9 Å². The van der Waals surface area contributed by atoms with Crippen LogP contribution in [-0.2, 0) is 9.53 Å². The minimum atomic E-state index is -0.482. The lowest BCUT2D eigenvalue weighted by molar-refractivity contribution is -0.141. The molecule has 106 valence electrons. The maximum Gasteiger partial charge on any atom is 0.317 e. The van der Waals surface area contributed by atoms with Crippen molar-refractivity contribution in [3.8, 4) is 17.6 Å². The number of rotatable bonds is 4. The third-order valence-electron chi connectivity index (χ3n) is 2.36. The molecule has 20 heavy (non-hydrogen) atoms. The Labute approximate surface area is 117 Å². The third-order valence-corrected chi connectivity index (χ3v) is 2.36. The van der Waals surface area contributed by atoms with E-state index in [0.717, 1.165) is 0 Å². The molecule has 1 aromatic carbocycles. The highest BCUT2D eigenvalue weighted by molar-refractivity contribution is 5.96. The van der Waals surface area contributed by atoms with Crippen LogP contribution < -0.4 is 16.0 Å². The zero-order chi connectivity index (χ0) is 15.0. The highest BCUT2D eigenvalue weighted by Crippen LogP contribution is 2.17. The molecule has 3 N–H and O–H groups in total. The van der Waals surface area contributed by atoms with Crippen molar-refractivity contribution in [3.63, 3.8) is 0 Å². The molecule has 0 heterocycles. The summed E-state index contributed by atoms with van der Waals surface area (Å²) in [5.74, 6) is 10.1. The standard InChI is InChI=1S/C14H16N2O4/c1-3-20-13(17)6-4-5-10-7-8-11(19-2)9-12(10)14(18)16-15/h7-9H,3,6,15H2,1-2H3,(H,16,18). The summed E-state index contributed by atoms with van der Waals surface area (Å²) in [6, 6.07) is 4.82. The number of benzene rings is 1. The second kappa shape index (κ2) is 7.81. The van der Waals surface area contributed by atoms with E-state index in [2.05, 4.69) is 11.8 Å². The summed E-state index contributed by atoms with van der Waals surface area (Å²) in [4.78, 5) is 22.8. The van der Waals surface area contributed by atoms with Crippen LogP contribution in [0.3, 0.4) is 0 Å². The highest BCUT2D eigenvalue weighted by Gasteiger charge is 2.10. The molecule has 0 aliphatic heterocycles. The molecule has 0 bridgehead atoms. The summed E-state index contributed by atoms with van der Waals surface area (Å²) < 4.78 is 9.79. The van der Waals surface area contributed by atoms with E-state index >= 15 is 0 Å². The van der Waals surface area contributed by atoms with Crippen molar-refractivity contribution < 1.29 is 19.1 Å². The van der Waals surface area contributed by atoms with Gasteiger partial charge in [0.2, 0.25) is 0 Å². The molecule has 0 spiro atoms. The first-order valence-corrected chi connectivity index (χ1v) is 5.95. The lowest BCUT2D eigenvalue weighted by Crippen LogP contribution is -2.30. The van der Waals surface area contributed by atoms with Gasteiger partial charge in [0.05, 0.1) is 19.3 Å². The Bertz CT molecular complexity index is 558. The molecule has 0 radical (unpaired) electrons. The minimum absolute atomic E-state index is 0.0381. The van der Waals surface area contributed by atoms with E-state index in [1.165, 1.54) is 13.2 Å². The van der Waals surface area contributed by atoms with Crippen LogP contribution in [0, 0.1) is 11.8 Å². The van der Waals surface area contributed by atoms with Gasteiger partial charge in [-0.25, -0.2) is 5.84 Å². The molecular weight excluding hydrogens is 260 g/mol. The molecule has 0 saturated carbocycles. The van der Waals surface area contributed by atoms with Crippen LogP contribution in [0.2, 0.25) is 0 Å². The lowest BCUT2D eigenvalue weighted by atomic mass is 10.1. The van der Waals surface area contributed by atoms with E-state index in [-0.39, 0.29) is 12.0 Å². The fourth-order valence-corrected chi connectivity index (χ4v) is 1.45. The fraction of sp³-hybridized carbons (Fsp3) is 0.286. The largest absolute Gasteiger partial charge is 0.497 e. The van der Waals surface area contributed by atoms with Crippen molar-refractivity contribution in [1.82, 2.24) is 5.43 Å². The van der Waals surface area contributed by atoms with Crippen molar-refractivity contribution in [3.05, 3.63) is 29.3 Å². The van der Waals surface area contributed by atoms with Crippen LogP contribution in [0.5, 0.6) is 5.75 Å². The van der Waals surface area contributed by atoms with Gasteiger partial charge in [-0.15, -0.1) is 0 Å². The summed E-state index contributed by atoms with van der Waals surface area (Å²) in [5, 5.41) is 0. The van der Waals surface area contributed by atoms with Gasteiger partial charge in [-0.3, -0.25) is 15.0 Å². The number of methoxy groups -OCH3 is 1. The number of hydrogen-bond donors (Lipinski definition) is 2. The first kappa shape index (κ1) is 15.5. The molecule has 0 aliphatic rings. The van der Waals surface area contributed by atoms with Gasteiger partial charge in [-0.1, -0.05) is 11.8 Å². The van der Waals surface area contributed by atoms with Crippen molar-refractivity contribution in [2.75, 3.05) is 13.7 Å². The number of carbonyl (C=O) groups is 2. The van der Waals surface area contributed by atoms with Crippen LogP contribution >= 0.6 is 0 Å². The van der Waals surface area contributed by atoms with Crippen molar-refractivity contribution >= 4 is 11.9 Å². The molecular formula is C14H16N2O4. The number of ether oxygens (including phenoxy) is 2. The average Bonchev–Trinajstić information content (AvgIpc) is 2.47. The van der Waals surface area contributed by atoms with Gasteiger partial charge in [0.1, 0.15) is 12.2 Å². The van der Waals surface area contributed by atoms with Gasteiger partial charge >= 0.3 is 5.97 Å². The number of nitrogens with one attached hydrogen (secondary N) is 1. The topological polar surface area (TPSA) is 90.6 Å². The summed E-state index contributed by atoms with van der Waals surface area (Å²) in [6.07, 6.45) is -0.0381. The number of carbonyl (C=O) groups excluding carboxylic acids is 2. The first-order valence-electron chi connectivity index (χ1n) is 5.95. The van der Waals surface area contributed by atoms with Crippen molar-refractivity contribution in [2.45, 2.75) is 13.3 Å². The zero-order valence-corrected chi connectivity index (χ0v) is 11.4. The SMILES string of the molecule is CCOC(=O)CC#Cc1ccc(OC)cc1C(=O)NN. The molecule has 1 amide bonds. The number of hydrogen-bond acceptors (Lipinski definition) is 5. The quantitative estimate of drug-likeness (QED) is 0.276. The monoisotopic (exact) mass is 276 g/mol. The Balaban J connectivity index is 2.97. The van der Waals surface area contributed by atoms with Crippen LogP contribution in [0.1, 0.15) is 29.3 Å². The number of esters is 1. The van der Waals surface area contributed by atoms with Crippen molar-refractivity contribution in [2.24, 2.45) is 5.84 Å². The Morgan fingerprint density at radius 1 is 1.40 bits per heavy atom. The van der Waals surface area contributed by atoms with Gasteiger partial charge in [-0.2, -0.15) is 0 Å². The smallest absolute Gasteiger partial charge is 0.317 e. The molecule has 0 saturated heterocycles. The molecule has 0 aliphatic carbocycles. The van der Waals surface area contributed by atoms with Gasteiger partial charge < -0.3 is 9.47 Å². The fourth-order valence-electron chi connectivity index (χ4n) is 1.45. The third kappa shape index (κ3) is 4.30. The van der Waals surface area contributed by atoms with Crippen LogP contribution in [0.15, 0.2) is 18.2 Å². The molecule has 1 rings (SSSR count). The molecule has 0 fully saturated rings. The summed E-state index contributed by atoms with van der Waals surface area (Å²) in [7, 11) is 1.49. The summed E-state index contributed by atoms with van der Waals surface area (Å²) in [6.45, 7) is 2.03. The van der Waals surface area contributed by atoms with E-state index in [4.69, 9.17) is 15.3 Å². The maximum absolute atomic E-state index is 11.7. The Hall–Kier alpha value is -2.52. The Kier molecular flexibility index (Phi) is 6.07. The van der Waals surface area contributed by atoms with Crippen molar-refractivity contribution in [1.29, 1.82) is 0 Å². The van der Waals surface area contributed by atoms with Gasteiger partial charge in [0.25, 0.3) is 5.91 Å². The van der Waals surface area contributed by atoms with Gasteiger partial charge in [0, 0.05) is 5.56 Å². The first-order chi connectivity index (χ1) is 9.62. The highest BCUT2D eigenvalue weighted by atomic mass is 16.5. The second-order valence-electron chi connectivity index (χ2n) is 3.67. The van der Waals surface area contributed by atoms with Crippen LogP contribution in [0.4, 0.5) is 0 Å². The van der Waals surface area contributed by atoms with Gasteiger partial charge in [0.15, 0.2) is 0 Å². The molecule has 1 aromatic rings. The Morgan fingerprint density at radius 3 is 2.75 bits per heavy atom. The Morgan fingerprint density at radius 2 is 2.15 bits per heavy atom. The van der Waals surface area contributed by atoms with E-state index in [1.54, 1.807) is 19.1 Å². The predicted molar refractivity (Wildman–Crippen MR) is 72.8 cm³/mol. The molecule has 6 heteroatoms. The maximum atomic E-state index is 11.7. The molecule has 6 nitrogen and oxygen atoms in total. The number of amides is 1. The normalized spacial score (nSPS) is 9.15. The number of hydrazine groups is 1. The van der Waals surface area contributed by atoms with Crippen LogP contribution in [0.25, 0.3) is 0 Å². The van der Waals surface area contributed by atoms with E-state index in [1.807, 2.05) is 5.43 Å². The number of nitrogens with two attached hydrogens (primary N) is 1. The number of nitrogen functional groups attached to an aromatic ring is 1. The molecule has 0 atom stereocenters. The van der Waals surface area contributed by atoms with Crippen LogP contribution in [-0.4, -0.2) is 25.6 Å². The zero-order valence-electron chi connectivity index (χ0n) is 11.4. The molecule has 0 aromatic heterocycles. The summed E-state index contributed by atoms with van der Waals surface area (Å²) in [5.41, 5.74) is 2.78. The predicted octanol–water partition coefficient (Wildman–Crippen LogP) is 0.603. The second-order valence-corrected chi connectivity index (χ2v) is 3.67. The summed E-state index contributed by atoms with van der Waals surface area (Å²) >= 11 is 0. The average molecular weight is 276 g/mol.